The maximum Gasteiger partial charge on any atom is 0.137 e. The van der Waals surface area contributed by atoms with E-state index in [9.17, 15) is 4.39 Å². The number of hydrogen-bond acceptors (Lipinski definition) is 4. The Hall–Kier alpha value is -1.62. The van der Waals surface area contributed by atoms with Crippen LogP contribution in [0, 0.1) is 12.7 Å². The van der Waals surface area contributed by atoms with Crippen LogP contribution >= 0.6 is 11.8 Å². The quantitative estimate of drug-likeness (QED) is 0.841. The summed E-state index contributed by atoms with van der Waals surface area (Å²) in [5.41, 5.74) is 0.948. The highest BCUT2D eigenvalue weighted by molar-refractivity contribution is 7.99. The molecule has 0 amide bonds. The Kier molecular flexibility index (Phi) is 4.74. The molecular weight excluding hydrogens is 261 g/mol. The highest BCUT2D eigenvalue weighted by atomic mass is 32.2. The molecule has 1 aromatic carbocycles. The molecule has 0 radical (unpaired) electrons. The summed E-state index contributed by atoms with van der Waals surface area (Å²) in [5.74, 6) is 0.587. The van der Waals surface area contributed by atoms with Crippen molar-refractivity contribution in [1.82, 2.24) is 9.97 Å². The number of hydrogen-bond donors (Lipinski definition) is 1. The van der Waals surface area contributed by atoms with E-state index in [1.807, 2.05) is 13.0 Å². The predicted molar refractivity (Wildman–Crippen MR) is 76.1 cm³/mol. The SMILES string of the molecule is CCCNc1ncnc(Sc2ccccc2F)c1C. The van der Waals surface area contributed by atoms with Gasteiger partial charge in [-0.1, -0.05) is 30.8 Å². The number of rotatable bonds is 5. The van der Waals surface area contributed by atoms with Crippen molar-refractivity contribution in [3.63, 3.8) is 0 Å². The Morgan fingerprint density at radius 3 is 2.79 bits per heavy atom. The highest BCUT2D eigenvalue weighted by Crippen LogP contribution is 2.31. The Morgan fingerprint density at radius 1 is 1.26 bits per heavy atom. The zero-order valence-electron chi connectivity index (χ0n) is 11.0. The summed E-state index contributed by atoms with van der Waals surface area (Å²) in [6.45, 7) is 4.90. The van der Waals surface area contributed by atoms with Gasteiger partial charge in [0.15, 0.2) is 0 Å². The van der Waals surface area contributed by atoms with Crippen molar-refractivity contribution < 1.29 is 4.39 Å². The van der Waals surface area contributed by atoms with Crippen LogP contribution in [0.5, 0.6) is 0 Å². The van der Waals surface area contributed by atoms with Crippen molar-refractivity contribution in [3.05, 3.63) is 42.0 Å². The molecule has 0 atom stereocenters. The van der Waals surface area contributed by atoms with Crippen molar-refractivity contribution in [1.29, 1.82) is 0 Å². The number of benzene rings is 1. The summed E-state index contributed by atoms with van der Waals surface area (Å²) in [6, 6.07) is 6.70. The smallest absolute Gasteiger partial charge is 0.137 e. The molecule has 1 N–H and O–H groups in total. The summed E-state index contributed by atoms with van der Waals surface area (Å²) in [4.78, 5) is 9.01. The van der Waals surface area contributed by atoms with Crippen LogP contribution in [-0.4, -0.2) is 16.5 Å². The van der Waals surface area contributed by atoms with Crippen LogP contribution in [0.15, 0.2) is 40.5 Å². The maximum atomic E-state index is 13.6. The predicted octanol–water partition coefficient (Wildman–Crippen LogP) is 3.90. The van der Waals surface area contributed by atoms with Crippen molar-refractivity contribution in [3.8, 4) is 0 Å². The lowest BCUT2D eigenvalue weighted by atomic mass is 10.3. The monoisotopic (exact) mass is 277 g/mol. The van der Waals surface area contributed by atoms with Gasteiger partial charge in [-0.15, -0.1) is 0 Å². The van der Waals surface area contributed by atoms with Gasteiger partial charge in [0, 0.05) is 17.0 Å². The van der Waals surface area contributed by atoms with Gasteiger partial charge in [0.1, 0.15) is 23.0 Å². The van der Waals surface area contributed by atoms with Gasteiger partial charge >= 0.3 is 0 Å². The van der Waals surface area contributed by atoms with Crippen molar-refractivity contribution in [2.45, 2.75) is 30.2 Å². The standard InChI is InChI=1S/C14H16FN3S/c1-3-8-16-13-10(2)14(18-9-17-13)19-12-7-5-4-6-11(12)15/h4-7,9H,3,8H2,1-2H3,(H,16,17,18). The number of aromatic nitrogens is 2. The molecule has 5 heteroatoms. The molecule has 0 aliphatic rings. The van der Waals surface area contributed by atoms with E-state index in [1.165, 1.54) is 24.2 Å². The average molecular weight is 277 g/mol. The van der Waals surface area contributed by atoms with Crippen molar-refractivity contribution >= 4 is 17.6 Å². The van der Waals surface area contributed by atoms with E-state index < -0.39 is 0 Å². The molecule has 19 heavy (non-hydrogen) atoms. The molecule has 0 spiro atoms. The van der Waals surface area contributed by atoms with E-state index in [0.717, 1.165) is 29.4 Å². The largest absolute Gasteiger partial charge is 0.370 e. The van der Waals surface area contributed by atoms with Gasteiger partial charge in [0.25, 0.3) is 0 Å². The molecule has 0 saturated heterocycles. The molecule has 0 aliphatic carbocycles. The van der Waals surface area contributed by atoms with Gasteiger partial charge in [-0.2, -0.15) is 0 Å². The molecule has 2 rings (SSSR count). The lowest BCUT2D eigenvalue weighted by Gasteiger charge is -2.10. The van der Waals surface area contributed by atoms with Crippen LogP contribution in [0.2, 0.25) is 0 Å². The van der Waals surface area contributed by atoms with Crippen LogP contribution in [0.4, 0.5) is 10.2 Å². The third-order valence-corrected chi connectivity index (χ3v) is 3.78. The Bertz CT molecular complexity index is 560. The van der Waals surface area contributed by atoms with Gasteiger partial charge in [-0.05, 0) is 25.5 Å². The molecule has 0 saturated carbocycles. The third-order valence-electron chi connectivity index (χ3n) is 2.62. The molecule has 0 unspecified atom stereocenters. The molecule has 1 aromatic heterocycles. The third kappa shape index (κ3) is 3.44. The fourth-order valence-corrected chi connectivity index (χ4v) is 2.46. The second kappa shape index (κ2) is 6.52. The summed E-state index contributed by atoms with van der Waals surface area (Å²) >= 11 is 1.32. The molecule has 2 aromatic rings. The molecule has 0 fully saturated rings. The van der Waals surface area contributed by atoms with Crippen molar-refractivity contribution in [2.75, 3.05) is 11.9 Å². The van der Waals surface area contributed by atoms with Crippen LogP contribution in [0.1, 0.15) is 18.9 Å². The molecule has 0 bridgehead atoms. The summed E-state index contributed by atoms with van der Waals surface area (Å²) in [5, 5.41) is 4.02. The minimum atomic E-state index is -0.228. The van der Waals surface area contributed by atoms with Gasteiger partial charge < -0.3 is 5.32 Å². The minimum absolute atomic E-state index is 0.228. The molecule has 0 aliphatic heterocycles. The van der Waals surface area contributed by atoms with Gasteiger partial charge in [-0.3, -0.25) is 0 Å². The number of nitrogens with zero attached hydrogens (tertiary/aromatic N) is 2. The summed E-state index contributed by atoms with van der Waals surface area (Å²) < 4.78 is 13.6. The lowest BCUT2D eigenvalue weighted by Crippen LogP contribution is -2.05. The van der Waals surface area contributed by atoms with Gasteiger partial charge in [-0.25, -0.2) is 14.4 Å². The molecule has 3 nitrogen and oxygen atoms in total. The zero-order valence-corrected chi connectivity index (χ0v) is 11.8. The maximum absolute atomic E-state index is 13.6. The van der Waals surface area contributed by atoms with E-state index >= 15 is 0 Å². The number of anilines is 1. The Labute approximate surface area is 116 Å². The number of nitrogens with one attached hydrogen (secondary N) is 1. The fourth-order valence-electron chi connectivity index (χ4n) is 1.59. The second-order valence-electron chi connectivity index (χ2n) is 4.11. The Morgan fingerprint density at radius 2 is 2.05 bits per heavy atom. The topological polar surface area (TPSA) is 37.8 Å². The van der Waals surface area contributed by atoms with E-state index in [4.69, 9.17) is 0 Å². The Balaban J connectivity index is 2.23. The number of halogens is 1. The van der Waals surface area contributed by atoms with E-state index in [-0.39, 0.29) is 5.82 Å². The van der Waals surface area contributed by atoms with E-state index in [2.05, 4.69) is 22.2 Å². The van der Waals surface area contributed by atoms with Crippen LogP contribution in [0.25, 0.3) is 0 Å². The molecule has 100 valence electrons. The first-order valence-corrected chi connectivity index (χ1v) is 7.02. The van der Waals surface area contributed by atoms with Crippen LogP contribution < -0.4 is 5.32 Å². The first-order chi connectivity index (χ1) is 9.22. The van der Waals surface area contributed by atoms with Gasteiger partial charge in [0.2, 0.25) is 0 Å². The van der Waals surface area contributed by atoms with Gasteiger partial charge in [0.05, 0.1) is 0 Å². The first-order valence-electron chi connectivity index (χ1n) is 6.20. The second-order valence-corrected chi connectivity index (χ2v) is 5.14. The zero-order chi connectivity index (χ0) is 13.7. The minimum Gasteiger partial charge on any atom is -0.370 e. The summed E-state index contributed by atoms with van der Waals surface area (Å²) in [6.07, 6.45) is 2.54. The highest BCUT2D eigenvalue weighted by Gasteiger charge is 2.10. The average Bonchev–Trinajstić information content (AvgIpc) is 2.42. The molecular formula is C14H16FN3S. The summed E-state index contributed by atoms with van der Waals surface area (Å²) in [7, 11) is 0. The first kappa shape index (κ1) is 13.8. The fraction of sp³-hybridized carbons (Fsp3) is 0.286. The molecule has 1 heterocycles. The lowest BCUT2D eigenvalue weighted by molar-refractivity contribution is 0.602. The van der Waals surface area contributed by atoms with Crippen LogP contribution in [-0.2, 0) is 0 Å². The normalized spacial score (nSPS) is 10.5. The van der Waals surface area contributed by atoms with Crippen molar-refractivity contribution in [2.24, 2.45) is 0 Å². The van der Waals surface area contributed by atoms with Crippen LogP contribution in [0.3, 0.4) is 0 Å². The van der Waals surface area contributed by atoms with E-state index in [1.54, 1.807) is 12.1 Å². The van der Waals surface area contributed by atoms with E-state index in [0.29, 0.717) is 4.90 Å².